The number of likely N-dealkylation sites (N-methyl/N-ethyl adjacent to an activating group) is 1. The number of urea groups is 1. The van der Waals surface area contributed by atoms with E-state index in [1.54, 1.807) is 11.9 Å². The van der Waals surface area contributed by atoms with E-state index in [-0.39, 0.29) is 11.9 Å². The molecule has 17 heavy (non-hydrogen) atoms. The number of hydrogen-bond donors (Lipinski definition) is 1. The zero-order valence-corrected chi connectivity index (χ0v) is 10.1. The largest absolute Gasteiger partial charge is 0.377 e. The lowest BCUT2D eigenvalue weighted by Crippen LogP contribution is -2.58. The van der Waals surface area contributed by atoms with Crippen LogP contribution >= 0.6 is 0 Å². The van der Waals surface area contributed by atoms with Crippen molar-refractivity contribution >= 4 is 11.9 Å². The Morgan fingerprint density at radius 3 is 2.59 bits per heavy atom. The van der Waals surface area contributed by atoms with Gasteiger partial charge in [0.25, 0.3) is 0 Å². The van der Waals surface area contributed by atoms with Gasteiger partial charge in [0.1, 0.15) is 6.04 Å². The molecule has 0 aromatic heterocycles. The van der Waals surface area contributed by atoms with Crippen molar-refractivity contribution in [2.24, 2.45) is 0 Å². The van der Waals surface area contributed by atoms with Crippen LogP contribution in [0, 0.1) is 0 Å². The summed E-state index contributed by atoms with van der Waals surface area (Å²) in [7, 11) is 1.58. The van der Waals surface area contributed by atoms with Crippen LogP contribution in [-0.2, 0) is 9.53 Å². The molecule has 2 saturated heterocycles. The molecular weight excluding hydrogens is 222 g/mol. The van der Waals surface area contributed by atoms with Crippen molar-refractivity contribution < 1.29 is 14.3 Å². The number of carbonyl (C=O) groups excluding carboxylic acids is 2. The van der Waals surface area contributed by atoms with Gasteiger partial charge in [-0.2, -0.15) is 0 Å². The molecule has 0 bridgehead atoms. The minimum Gasteiger partial charge on any atom is -0.377 e. The number of morpholine rings is 1. The molecule has 2 fully saturated rings. The van der Waals surface area contributed by atoms with Gasteiger partial charge in [-0.15, -0.1) is 0 Å². The van der Waals surface area contributed by atoms with Crippen LogP contribution < -0.4 is 5.32 Å². The first-order valence-electron chi connectivity index (χ1n) is 6.09. The minimum absolute atomic E-state index is 0.0283. The highest BCUT2D eigenvalue weighted by Gasteiger charge is 2.35. The summed E-state index contributed by atoms with van der Waals surface area (Å²) in [6, 6.07) is -0.513. The second-order valence-corrected chi connectivity index (χ2v) is 4.38. The molecule has 6 nitrogen and oxygen atoms in total. The number of likely N-dealkylation sites (tertiary alicyclic amines) is 1. The Labute approximate surface area is 101 Å². The van der Waals surface area contributed by atoms with Gasteiger partial charge in [0.05, 0.1) is 13.2 Å². The van der Waals surface area contributed by atoms with Crippen molar-refractivity contribution in [3.05, 3.63) is 0 Å². The fourth-order valence-electron chi connectivity index (χ4n) is 2.31. The van der Waals surface area contributed by atoms with E-state index < -0.39 is 6.04 Å². The highest BCUT2D eigenvalue weighted by molar-refractivity contribution is 5.87. The first kappa shape index (κ1) is 12.2. The highest BCUT2D eigenvalue weighted by Crippen LogP contribution is 2.15. The minimum atomic E-state index is -0.484. The van der Waals surface area contributed by atoms with Crippen molar-refractivity contribution in [3.63, 3.8) is 0 Å². The molecule has 0 aromatic rings. The second-order valence-electron chi connectivity index (χ2n) is 4.38. The third-order valence-corrected chi connectivity index (χ3v) is 3.30. The molecular formula is C11H19N3O3. The van der Waals surface area contributed by atoms with Crippen LogP contribution in [0.25, 0.3) is 0 Å². The molecule has 2 rings (SSSR count). The Hall–Kier alpha value is -1.30. The van der Waals surface area contributed by atoms with Gasteiger partial charge in [-0.05, 0) is 12.8 Å². The van der Waals surface area contributed by atoms with E-state index in [9.17, 15) is 9.59 Å². The van der Waals surface area contributed by atoms with Crippen LogP contribution in [0.4, 0.5) is 4.79 Å². The monoisotopic (exact) mass is 241 g/mol. The summed E-state index contributed by atoms with van der Waals surface area (Å²) in [4.78, 5) is 27.4. The lowest BCUT2D eigenvalue weighted by molar-refractivity contribution is -0.130. The van der Waals surface area contributed by atoms with Gasteiger partial charge in [-0.1, -0.05) is 0 Å². The van der Waals surface area contributed by atoms with E-state index in [4.69, 9.17) is 4.74 Å². The number of carbonyl (C=O) groups is 2. The molecule has 2 aliphatic rings. The molecule has 0 saturated carbocycles. The van der Waals surface area contributed by atoms with Gasteiger partial charge in [0.15, 0.2) is 0 Å². The van der Waals surface area contributed by atoms with Crippen molar-refractivity contribution in [1.82, 2.24) is 15.1 Å². The number of rotatable bonds is 1. The predicted molar refractivity (Wildman–Crippen MR) is 61.6 cm³/mol. The smallest absolute Gasteiger partial charge is 0.320 e. The normalized spacial score (nSPS) is 24.9. The van der Waals surface area contributed by atoms with Crippen LogP contribution in [0.5, 0.6) is 0 Å². The van der Waals surface area contributed by atoms with Gasteiger partial charge in [-0.3, -0.25) is 4.79 Å². The van der Waals surface area contributed by atoms with Gasteiger partial charge < -0.3 is 19.9 Å². The molecule has 1 N–H and O–H groups in total. The SMILES string of the molecule is CNC(=O)C1COCCN1C(=O)N1CCCC1. The quantitative estimate of drug-likeness (QED) is 0.682. The van der Waals surface area contributed by atoms with Gasteiger partial charge in [-0.25, -0.2) is 4.79 Å². The molecule has 1 atom stereocenters. The summed E-state index contributed by atoms with van der Waals surface area (Å²) in [6.07, 6.45) is 2.11. The van der Waals surface area contributed by atoms with E-state index in [2.05, 4.69) is 5.32 Å². The highest BCUT2D eigenvalue weighted by atomic mass is 16.5. The van der Waals surface area contributed by atoms with Crippen LogP contribution in [0.2, 0.25) is 0 Å². The van der Waals surface area contributed by atoms with Crippen molar-refractivity contribution in [3.8, 4) is 0 Å². The molecule has 0 radical (unpaired) electrons. The Balaban J connectivity index is 2.04. The average molecular weight is 241 g/mol. The standard InChI is InChI=1S/C11H19N3O3/c1-12-10(15)9-8-17-7-6-14(9)11(16)13-4-2-3-5-13/h9H,2-8H2,1H3,(H,12,15). The molecule has 0 aliphatic carbocycles. The molecule has 2 heterocycles. The zero-order chi connectivity index (χ0) is 12.3. The van der Waals surface area contributed by atoms with E-state index in [1.165, 1.54) is 0 Å². The molecule has 0 spiro atoms. The summed E-state index contributed by atoms with van der Waals surface area (Å²) in [5.74, 6) is -0.155. The van der Waals surface area contributed by atoms with Gasteiger partial charge in [0, 0.05) is 26.7 Å². The van der Waals surface area contributed by atoms with E-state index in [1.807, 2.05) is 4.90 Å². The predicted octanol–water partition coefficient (Wildman–Crippen LogP) is -0.351. The number of hydrogen-bond acceptors (Lipinski definition) is 3. The Morgan fingerprint density at radius 2 is 1.94 bits per heavy atom. The number of nitrogens with zero attached hydrogens (tertiary/aromatic N) is 2. The number of amides is 3. The van der Waals surface area contributed by atoms with Crippen LogP contribution in [0.1, 0.15) is 12.8 Å². The summed E-state index contributed by atoms with van der Waals surface area (Å²) in [5, 5.41) is 2.58. The lowest BCUT2D eigenvalue weighted by Gasteiger charge is -2.36. The topological polar surface area (TPSA) is 61.9 Å². The first-order valence-corrected chi connectivity index (χ1v) is 6.09. The number of ether oxygens (including phenoxy) is 1. The molecule has 0 aromatic carbocycles. The zero-order valence-electron chi connectivity index (χ0n) is 10.1. The molecule has 1 unspecified atom stereocenters. The molecule has 3 amide bonds. The van der Waals surface area contributed by atoms with Crippen LogP contribution in [-0.4, -0.2) is 67.7 Å². The Kier molecular flexibility index (Phi) is 3.83. The van der Waals surface area contributed by atoms with E-state index in [0.29, 0.717) is 19.8 Å². The average Bonchev–Trinajstić information content (AvgIpc) is 2.91. The van der Waals surface area contributed by atoms with Crippen LogP contribution in [0.15, 0.2) is 0 Å². The molecule has 6 heteroatoms. The maximum Gasteiger partial charge on any atom is 0.320 e. The van der Waals surface area contributed by atoms with E-state index >= 15 is 0 Å². The third-order valence-electron chi connectivity index (χ3n) is 3.30. The van der Waals surface area contributed by atoms with Crippen molar-refractivity contribution in [2.75, 3.05) is 39.9 Å². The van der Waals surface area contributed by atoms with Crippen molar-refractivity contribution in [2.45, 2.75) is 18.9 Å². The third kappa shape index (κ3) is 2.52. The maximum atomic E-state index is 12.2. The van der Waals surface area contributed by atoms with E-state index in [0.717, 1.165) is 25.9 Å². The Bertz CT molecular complexity index is 302. The second kappa shape index (κ2) is 5.35. The molecule has 2 aliphatic heterocycles. The summed E-state index contributed by atoms with van der Waals surface area (Å²) in [5.41, 5.74) is 0. The summed E-state index contributed by atoms with van der Waals surface area (Å²) in [6.45, 7) is 2.90. The fraction of sp³-hybridized carbons (Fsp3) is 0.818. The molecule has 96 valence electrons. The van der Waals surface area contributed by atoms with Gasteiger partial charge >= 0.3 is 6.03 Å². The number of nitrogens with one attached hydrogen (secondary N) is 1. The summed E-state index contributed by atoms with van der Waals surface area (Å²) < 4.78 is 5.27. The summed E-state index contributed by atoms with van der Waals surface area (Å²) >= 11 is 0. The Morgan fingerprint density at radius 1 is 1.24 bits per heavy atom. The van der Waals surface area contributed by atoms with Crippen molar-refractivity contribution in [1.29, 1.82) is 0 Å². The van der Waals surface area contributed by atoms with Crippen LogP contribution in [0.3, 0.4) is 0 Å². The fourth-order valence-corrected chi connectivity index (χ4v) is 2.31. The first-order chi connectivity index (χ1) is 8.24. The maximum absolute atomic E-state index is 12.2. The van der Waals surface area contributed by atoms with Gasteiger partial charge in [0.2, 0.25) is 5.91 Å². The lowest BCUT2D eigenvalue weighted by atomic mass is 10.2.